The first-order valence-corrected chi connectivity index (χ1v) is 7.73. The number of aliphatic hydroxyl groups excluding tert-OH is 1. The van der Waals surface area contributed by atoms with Gasteiger partial charge in [0.05, 0.1) is 0 Å². The van der Waals surface area contributed by atoms with E-state index in [1.165, 1.54) is 5.56 Å². The van der Waals surface area contributed by atoms with Gasteiger partial charge in [-0.25, -0.2) is 0 Å². The SMILES string of the molecule is CCC(C)c1ccc(C(O)c2cccc(I)c2)cc1. The highest BCUT2D eigenvalue weighted by Crippen LogP contribution is 2.25. The van der Waals surface area contributed by atoms with Crippen LogP contribution in [-0.2, 0) is 0 Å². The summed E-state index contributed by atoms with van der Waals surface area (Å²) in [5, 5.41) is 10.4. The van der Waals surface area contributed by atoms with Crippen LogP contribution in [-0.4, -0.2) is 5.11 Å². The van der Waals surface area contributed by atoms with Crippen LogP contribution < -0.4 is 0 Å². The van der Waals surface area contributed by atoms with Crippen LogP contribution in [0.2, 0.25) is 0 Å². The summed E-state index contributed by atoms with van der Waals surface area (Å²) in [6.07, 6.45) is 0.597. The predicted octanol–water partition coefficient (Wildman–Crippen LogP) is 4.89. The van der Waals surface area contributed by atoms with Gasteiger partial charge < -0.3 is 5.11 Å². The average molecular weight is 366 g/mol. The fraction of sp³-hybridized carbons (Fsp3) is 0.294. The largest absolute Gasteiger partial charge is 0.384 e. The minimum atomic E-state index is -0.541. The average Bonchev–Trinajstić information content (AvgIpc) is 2.46. The number of hydrogen-bond donors (Lipinski definition) is 1. The van der Waals surface area contributed by atoms with Crippen molar-refractivity contribution in [3.05, 3.63) is 68.8 Å². The molecule has 2 aromatic carbocycles. The summed E-state index contributed by atoms with van der Waals surface area (Å²) >= 11 is 2.27. The second-order valence-electron chi connectivity index (χ2n) is 4.93. The van der Waals surface area contributed by atoms with E-state index >= 15 is 0 Å². The van der Waals surface area contributed by atoms with Gasteiger partial charge in [0.15, 0.2) is 0 Å². The molecule has 0 aromatic heterocycles. The normalized spacial score (nSPS) is 14.1. The molecule has 2 atom stereocenters. The van der Waals surface area contributed by atoms with Gasteiger partial charge in [-0.1, -0.05) is 50.2 Å². The molecule has 0 heterocycles. The topological polar surface area (TPSA) is 20.2 Å². The smallest absolute Gasteiger partial charge is 0.104 e. The maximum Gasteiger partial charge on any atom is 0.104 e. The Labute approximate surface area is 128 Å². The maximum absolute atomic E-state index is 10.4. The number of halogens is 1. The van der Waals surface area contributed by atoms with Crippen LogP contribution in [0.15, 0.2) is 48.5 Å². The Kier molecular flexibility index (Phi) is 4.99. The summed E-state index contributed by atoms with van der Waals surface area (Å²) in [7, 11) is 0. The monoisotopic (exact) mass is 366 g/mol. The summed E-state index contributed by atoms with van der Waals surface area (Å²) < 4.78 is 1.14. The van der Waals surface area contributed by atoms with E-state index in [0.717, 1.165) is 21.1 Å². The van der Waals surface area contributed by atoms with Crippen LogP contribution in [0.25, 0.3) is 0 Å². The number of benzene rings is 2. The van der Waals surface area contributed by atoms with Crippen LogP contribution in [0.5, 0.6) is 0 Å². The lowest BCUT2D eigenvalue weighted by atomic mass is 9.95. The first-order chi connectivity index (χ1) is 9.11. The molecule has 0 amide bonds. The third-order valence-corrected chi connectivity index (χ3v) is 4.27. The molecule has 0 fully saturated rings. The van der Waals surface area contributed by atoms with Crippen molar-refractivity contribution in [3.8, 4) is 0 Å². The Bertz CT molecular complexity index is 533. The second kappa shape index (κ2) is 6.53. The van der Waals surface area contributed by atoms with Crippen molar-refractivity contribution in [2.24, 2.45) is 0 Å². The highest BCUT2D eigenvalue weighted by molar-refractivity contribution is 14.1. The van der Waals surface area contributed by atoms with E-state index < -0.39 is 6.10 Å². The van der Waals surface area contributed by atoms with E-state index in [1.807, 2.05) is 36.4 Å². The molecule has 1 nitrogen and oxygen atoms in total. The molecule has 1 N–H and O–H groups in total. The molecule has 100 valence electrons. The molecule has 2 rings (SSSR count). The Hall–Kier alpha value is -0.870. The lowest BCUT2D eigenvalue weighted by Gasteiger charge is -2.14. The van der Waals surface area contributed by atoms with Gasteiger partial charge >= 0.3 is 0 Å². The number of rotatable bonds is 4. The first kappa shape index (κ1) is 14.5. The van der Waals surface area contributed by atoms with Crippen molar-refractivity contribution in [1.29, 1.82) is 0 Å². The molecular formula is C17H19IO. The van der Waals surface area contributed by atoms with Gasteiger partial charge in [-0.2, -0.15) is 0 Å². The fourth-order valence-corrected chi connectivity index (χ4v) is 2.68. The molecule has 2 aromatic rings. The third-order valence-electron chi connectivity index (χ3n) is 3.60. The van der Waals surface area contributed by atoms with E-state index in [4.69, 9.17) is 0 Å². The number of aliphatic hydroxyl groups is 1. The molecule has 0 aliphatic carbocycles. The van der Waals surface area contributed by atoms with E-state index in [-0.39, 0.29) is 0 Å². The lowest BCUT2D eigenvalue weighted by molar-refractivity contribution is 0.220. The van der Waals surface area contributed by atoms with Gasteiger partial charge in [-0.05, 0) is 63.8 Å². The Morgan fingerprint density at radius 1 is 1.00 bits per heavy atom. The first-order valence-electron chi connectivity index (χ1n) is 6.65. The molecule has 0 spiro atoms. The molecule has 2 heteroatoms. The molecule has 19 heavy (non-hydrogen) atoms. The second-order valence-corrected chi connectivity index (χ2v) is 6.18. The van der Waals surface area contributed by atoms with Crippen LogP contribution >= 0.6 is 22.6 Å². The molecule has 0 aliphatic rings. The molecule has 2 unspecified atom stereocenters. The van der Waals surface area contributed by atoms with Gasteiger partial charge in [0.2, 0.25) is 0 Å². The Morgan fingerprint density at radius 3 is 2.21 bits per heavy atom. The minimum absolute atomic E-state index is 0.541. The fourth-order valence-electron chi connectivity index (χ4n) is 2.11. The molecule has 0 radical (unpaired) electrons. The predicted molar refractivity (Wildman–Crippen MR) is 88.4 cm³/mol. The van der Waals surface area contributed by atoms with Crippen molar-refractivity contribution < 1.29 is 5.11 Å². The summed E-state index contributed by atoms with van der Waals surface area (Å²) in [5.74, 6) is 0.573. The van der Waals surface area contributed by atoms with Crippen molar-refractivity contribution in [2.45, 2.75) is 32.3 Å². The third kappa shape index (κ3) is 3.57. The Balaban J connectivity index is 2.22. The summed E-state index contributed by atoms with van der Waals surface area (Å²) in [6.45, 7) is 4.42. The maximum atomic E-state index is 10.4. The van der Waals surface area contributed by atoms with E-state index in [0.29, 0.717) is 5.92 Å². The highest BCUT2D eigenvalue weighted by Gasteiger charge is 2.11. The van der Waals surface area contributed by atoms with Crippen molar-refractivity contribution in [2.75, 3.05) is 0 Å². The summed E-state index contributed by atoms with van der Waals surface area (Å²) in [5.41, 5.74) is 3.23. The minimum Gasteiger partial charge on any atom is -0.384 e. The lowest BCUT2D eigenvalue weighted by Crippen LogP contribution is -2.00. The molecule has 0 saturated heterocycles. The molecular weight excluding hydrogens is 347 g/mol. The van der Waals surface area contributed by atoms with Gasteiger partial charge in [-0.15, -0.1) is 0 Å². The Morgan fingerprint density at radius 2 is 1.63 bits per heavy atom. The van der Waals surface area contributed by atoms with Crippen LogP contribution in [0.1, 0.15) is 49.0 Å². The van der Waals surface area contributed by atoms with Crippen LogP contribution in [0.3, 0.4) is 0 Å². The summed E-state index contributed by atoms with van der Waals surface area (Å²) in [4.78, 5) is 0. The summed E-state index contributed by atoms with van der Waals surface area (Å²) in [6, 6.07) is 16.3. The quantitative estimate of drug-likeness (QED) is 0.765. The van der Waals surface area contributed by atoms with Crippen molar-refractivity contribution in [3.63, 3.8) is 0 Å². The molecule has 0 bridgehead atoms. The number of hydrogen-bond acceptors (Lipinski definition) is 1. The molecule has 0 saturated carbocycles. The van der Waals surface area contributed by atoms with Gasteiger partial charge in [0.1, 0.15) is 6.10 Å². The van der Waals surface area contributed by atoms with Crippen molar-refractivity contribution in [1.82, 2.24) is 0 Å². The van der Waals surface area contributed by atoms with E-state index in [9.17, 15) is 5.11 Å². The van der Waals surface area contributed by atoms with Gasteiger partial charge in [0, 0.05) is 3.57 Å². The zero-order valence-corrected chi connectivity index (χ0v) is 13.5. The van der Waals surface area contributed by atoms with E-state index in [2.05, 4.69) is 48.6 Å². The zero-order chi connectivity index (χ0) is 13.8. The van der Waals surface area contributed by atoms with Gasteiger partial charge in [-0.3, -0.25) is 0 Å². The van der Waals surface area contributed by atoms with Crippen molar-refractivity contribution >= 4 is 22.6 Å². The van der Waals surface area contributed by atoms with E-state index in [1.54, 1.807) is 0 Å². The van der Waals surface area contributed by atoms with Crippen LogP contribution in [0, 0.1) is 3.57 Å². The van der Waals surface area contributed by atoms with Gasteiger partial charge in [0.25, 0.3) is 0 Å². The zero-order valence-electron chi connectivity index (χ0n) is 11.3. The molecule has 0 aliphatic heterocycles. The standard InChI is InChI=1S/C17H19IO/c1-3-12(2)13-7-9-14(10-8-13)17(19)15-5-4-6-16(18)11-15/h4-12,17,19H,3H2,1-2H3. The van der Waals surface area contributed by atoms with Crippen LogP contribution in [0.4, 0.5) is 0 Å². The highest BCUT2D eigenvalue weighted by atomic mass is 127.